The van der Waals surface area contributed by atoms with Crippen LogP contribution in [0, 0.1) is 5.82 Å². The molecule has 1 atom stereocenters. The van der Waals surface area contributed by atoms with Gasteiger partial charge in [0, 0.05) is 24.0 Å². The predicted molar refractivity (Wildman–Crippen MR) is 119 cm³/mol. The van der Waals surface area contributed by atoms with Crippen molar-refractivity contribution in [3.05, 3.63) is 83.1 Å². The third kappa shape index (κ3) is 3.80. The summed E-state index contributed by atoms with van der Waals surface area (Å²) in [5.74, 6) is -2.55. The van der Waals surface area contributed by atoms with Gasteiger partial charge in [0.05, 0.1) is 11.6 Å². The molecule has 6 nitrogen and oxygen atoms in total. The van der Waals surface area contributed by atoms with Crippen LogP contribution in [0.15, 0.2) is 70.3 Å². The molecule has 1 amide bonds. The minimum absolute atomic E-state index is 0.00696. The molecule has 0 spiro atoms. The fraction of sp³-hybridized carbons (Fsp3) is 0.280. The van der Waals surface area contributed by atoms with Crippen molar-refractivity contribution in [2.24, 2.45) is 0 Å². The summed E-state index contributed by atoms with van der Waals surface area (Å²) in [6.07, 6.45) is 0. The maximum absolute atomic E-state index is 14.8. The lowest BCUT2D eigenvalue weighted by molar-refractivity contribution is -0.129. The maximum Gasteiger partial charge on any atom is 0.290 e. The van der Waals surface area contributed by atoms with Crippen LogP contribution in [0.5, 0.6) is 0 Å². The topological polar surface area (TPSA) is 74.0 Å². The van der Waals surface area contributed by atoms with Gasteiger partial charge in [0.1, 0.15) is 11.4 Å². The van der Waals surface area contributed by atoms with Gasteiger partial charge in [-0.2, -0.15) is 0 Å². The number of rotatable bonds is 8. The van der Waals surface area contributed by atoms with Crippen LogP contribution >= 0.6 is 0 Å². The number of nitrogens with zero attached hydrogens (tertiary/aromatic N) is 2. The number of hydrogen-bond donors (Lipinski definition) is 1. The van der Waals surface area contributed by atoms with Gasteiger partial charge in [0.25, 0.3) is 5.91 Å². The Balaban J connectivity index is 1.77. The van der Waals surface area contributed by atoms with Crippen molar-refractivity contribution in [3.63, 3.8) is 0 Å². The van der Waals surface area contributed by atoms with E-state index < -0.39 is 29.3 Å². The first-order chi connectivity index (χ1) is 15.5. The molecule has 166 valence electrons. The average Bonchev–Trinajstić information content (AvgIpc) is 3.34. The Labute approximate surface area is 185 Å². The SMILES string of the molecule is CCN(CC)CCN1C(=O)C(O)=C(C(=O)c2cc3ccccc3o2)[C@H]1c1ccccc1F. The highest BCUT2D eigenvalue weighted by atomic mass is 19.1. The number of para-hydroxylation sites is 1. The molecule has 0 aliphatic carbocycles. The lowest BCUT2D eigenvalue weighted by atomic mass is 9.94. The number of furan rings is 1. The molecule has 0 fully saturated rings. The number of ketones is 1. The predicted octanol–water partition coefficient (Wildman–Crippen LogP) is 4.49. The summed E-state index contributed by atoms with van der Waals surface area (Å²) >= 11 is 0. The average molecular weight is 436 g/mol. The number of Topliss-reactive ketones (excluding diaryl/α,β-unsaturated/α-hetero) is 1. The Bertz CT molecular complexity index is 1160. The molecule has 2 heterocycles. The number of likely N-dealkylation sites (N-methyl/N-ethyl adjacent to an activating group) is 1. The van der Waals surface area contributed by atoms with Crippen LogP contribution in [0.2, 0.25) is 0 Å². The number of halogens is 1. The zero-order chi connectivity index (χ0) is 22.8. The fourth-order valence-corrected chi connectivity index (χ4v) is 4.15. The molecule has 0 saturated carbocycles. The molecule has 0 bridgehead atoms. The fourth-order valence-electron chi connectivity index (χ4n) is 4.15. The van der Waals surface area contributed by atoms with E-state index in [0.29, 0.717) is 12.1 Å². The third-order valence-electron chi connectivity index (χ3n) is 5.95. The Morgan fingerprint density at radius 2 is 1.81 bits per heavy atom. The molecule has 1 aromatic heterocycles. The van der Waals surface area contributed by atoms with E-state index in [2.05, 4.69) is 4.90 Å². The smallest absolute Gasteiger partial charge is 0.290 e. The summed E-state index contributed by atoms with van der Waals surface area (Å²) < 4.78 is 20.5. The Kier molecular flexibility index (Phi) is 6.10. The summed E-state index contributed by atoms with van der Waals surface area (Å²) in [4.78, 5) is 29.9. The van der Waals surface area contributed by atoms with E-state index in [1.807, 2.05) is 19.9 Å². The Morgan fingerprint density at radius 3 is 2.50 bits per heavy atom. The van der Waals surface area contributed by atoms with Gasteiger partial charge in [0.2, 0.25) is 5.78 Å². The van der Waals surface area contributed by atoms with Crippen LogP contribution < -0.4 is 0 Å². The molecule has 1 aliphatic heterocycles. The highest BCUT2D eigenvalue weighted by Gasteiger charge is 2.45. The zero-order valence-corrected chi connectivity index (χ0v) is 18.0. The monoisotopic (exact) mass is 436 g/mol. The van der Waals surface area contributed by atoms with Crippen molar-refractivity contribution < 1.29 is 23.5 Å². The molecule has 4 rings (SSSR count). The number of carbonyl (C=O) groups excluding carboxylic acids is 2. The first-order valence-electron chi connectivity index (χ1n) is 10.7. The van der Waals surface area contributed by atoms with E-state index in [9.17, 15) is 19.1 Å². The number of aliphatic hydroxyl groups excluding tert-OH is 1. The molecule has 1 N–H and O–H groups in total. The number of benzene rings is 2. The Hall–Kier alpha value is -3.45. The Morgan fingerprint density at radius 1 is 1.12 bits per heavy atom. The number of amides is 1. The van der Waals surface area contributed by atoms with Gasteiger partial charge in [0.15, 0.2) is 11.5 Å². The van der Waals surface area contributed by atoms with E-state index in [4.69, 9.17) is 4.42 Å². The van der Waals surface area contributed by atoms with Gasteiger partial charge in [-0.1, -0.05) is 50.2 Å². The molecule has 0 unspecified atom stereocenters. The first-order valence-corrected chi connectivity index (χ1v) is 10.7. The standard InChI is InChI=1S/C25H25FN2O4/c1-3-27(4-2)13-14-28-22(17-10-6-7-11-18(17)26)21(24(30)25(28)31)23(29)20-15-16-9-5-8-12-19(16)32-20/h5-12,15,22,30H,3-4,13-14H2,1-2H3/t22-/m1/s1. The largest absolute Gasteiger partial charge is 0.503 e. The summed E-state index contributed by atoms with van der Waals surface area (Å²) in [5.41, 5.74) is 0.503. The van der Waals surface area contributed by atoms with E-state index >= 15 is 0 Å². The number of fused-ring (bicyclic) bond motifs is 1. The van der Waals surface area contributed by atoms with Crippen molar-refractivity contribution >= 4 is 22.7 Å². The number of hydrogen-bond acceptors (Lipinski definition) is 5. The van der Waals surface area contributed by atoms with Gasteiger partial charge in [-0.15, -0.1) is 0 Å². The normalized spacial score (nSPS) is 16.6. The van der Waals surface area contributed by atoms with Crippen LogP contribution in [0.1, 0.15) is 36.0 Å². The molecule has 2 aromatic carbocycles. The zero-order valence-electron chi connectivity index (χ0n) is 18.0. The number of aliphatic hydroxyl groups is 1. The second-order valence-electron chi connectivity index (χ2n) is 7.69. The van der Waals surface area contributed by atoms with Crippen molar-refractivity contribution in [1.82, 2.24) is 9.80 Å². The van der Waals surface area contributed by atoms with Crippen LogP contribution in [0.25, 0.3) is 11.0 Å². The van der Waals surface area contributed by atoms with Gasteiger partial charge in [-0.25, -0.2) is 4.39 Å². The first kappa shape index (κ1) is 21.8. The molecular formula is C25H25FN2O4. The van der Waals surface area contributed by atoms with Gasteiger partial charge >= 0.3 is 0 Å². The van der Waals surface area contributed by atoms with Crippen molar-refractivity contribution in [3.8, 4) is 0 Å². The molecule has 32 heavy (non-hydrogen) atoms. The van der Waals surface area contributed by atoms with Gasteiger partial charge < -0.3 is 19.3 Å². The third-order valence-corrected chi connectivity index (χ3v) is 5.95. The maximum atomic E-state index is 14.8. The van der Waals surface area contributed by atoms with Crippen LogP contribution in [0.3, 0.4) is 0 Å². The quantitative estimate of drug-likeness (QED) is 0.527. The van der Waals surface area contributed by atoms with E-state index in [1.165, 1.54) is 17.0 Å². The summed E-state index contributed by atoms with van der Waals surface area (Å²) in [5, 5.41) is 11.4. The van der Waals surface area contributed by atoms with Crippen LogP contribution in [0.4, 0.5) is 4.39 Å². The summed E-state index contributed by atoms with van der Waals surface area (Å²) in [6.45, 7) is 6.36. The lowest BCUT2D eigenvalue weighted by Gasteiger charge is -2.29. The lowest BCUT2D eigenvalue weighted by Crippen LogP contribution is -2.39. The highest BCUT2D eigenvalue weighted by molar-refractivity contribution is 6.16. The van der Waals surface area contributed by atoms with Crippen molar-refractivity contribution in [2.45, 2.75) is 19.9 Å². The molecular weight excluding hydrogens is 411 g/mol. The molecule has 1 aliphatic rings. The number of carbonyl (C=O) groups is 2. The van der Waals surface area contributed by atoms with Crippen molar-refractivity contribution in [1.29, 1.82) is 0 Å². The summed E-state index contributed by atoms with van der Waals surface area (Å²) in [7, 11) is 0. The second kappa shape index (κ2) is 8.96. The molecule has 3 aromatic rings. The van der Waals surface area contributed by atoms with Gasteiger partial charge in [-0.05, 0) is 31.3 Å². The van der Waals surface area contributed by atoms with E-state index in [1.54, 1.807) is 36.4 Å². The van der Waals surface area contributed by atoms with Crippen molar-refractivity contribution in [2.75, 3.05) is 26.2 Å². The minimum Gasteiger partial charge on any atom is -0.503 e. The van der Waals surface area contributed by atoms with Crippen LogP contribution in [-0.2, 0) is 4.79 Å². The van der Waals surface area contributed by atoms with E-state index in [-0.39, 0.29) is 23.4 Å². The van der Waals surface area contributed by atoms with E-state index in [0.717, 1.165) is 18.5 Å². The molecule has 0 saturated heterocycles. The van der Waals surface area contributed by atoms with Gasteiger partial charge in [-0.3, -0.25) is 9.59 Å². The molecule has 7 heteroatoms. The van der Waals surface area contributed by atoms with Crippen LogP contribution in [-0.4, -0.2) is 52.8 Å². The highest BCUT2D eigenvalue weighted by Crippen LogP contribution is 2.40. The minimum atomic E-state index is -1.04. The summed E-state index contributed by atoms with van der Waals surface area (Å²) in [6, 6.07) is 13.7. The molecule has 0 radical (unpaired) electrons. The second-order valence-corrected chi connectivity index (χ2v) is 7.69.